The van der Waals surface area contributed by atoms with Crippen LogP contribution in [0.1, 0.15) is 29.5 Å². The van der Waals surface area contributed by atoms with Crippen LogP contribution in [0.2, 0.25) is 0 Å². The molecule has 0 amide bonds. The molecular formula is C13H16N2O. The van der Waals surface area contributed by atoms with Crippen molar-refractivity contribution in [2.24, 2.45) is 10.9 Å². The van der Waals surface area contributed by atoms with Gasteiger partial charge in [0.2, 0.25) is 0 Å². The summed E-state index contributed by atoms with van der Waals surface area (Å²) in [5.41, 5.74) is 8.94. The van der Waals surface area contributed by atoms with Crippen molar-refractivity contribution in [3.63, 3.8) is 0 Å². The van der Waals surface area contributed by atoms with E-state index in [1.807, 2.05) is 19.1 Å². The summed E-state index contributed by atoms with van der Waals surface area (Å²) in [5, 5.41) is 12.0. The summed E-state index contributed by atoms with van der Waals surface area (Å²) >= 11 is 0. The molecule has 0 aliphatic heterocycles. The van der Waals surface area contributed by atoms with Crippen LogP contribution in [0.3, 0.4) is 0 Å². The van der Waals surface area contributed by atoms with Gasteiger partial charge in [-0.25, -0.2) is 0 Å². The third-order valence-corrected chi connectivity index (χ3v) is 3.36. The highest BCUT2D eigenvalue weighted by molar-refractivity contribution is 5.94. The normalized spacial score (nSPS) is 18.2. The maximum absolute atomic E-state index is 8.83. The molecule has 3 heteroatoms. The SMILES string of the molecule is C=Cc1ccc(C)c(C2(/C(N)=N/O)CC2)c1. The molecule has 3 N–H and O–H groups in total. The van der Waals surface area contributed by atoms with E-state index in [1.165, 1.54) is 5.56 Å². The smallest absolute Gasteiger partial charge is 0.149 e. The third-order valence-electron chi connectivity index (χ3n) is 3.36. The number of hydrogen-bond acceptors (Lipinski definition) is 2. The average molecular weight is 216 g/mol. The molecule has 1 fully saturated rings. The van der Waals surface area contributed by atoms with Crippen LogP contribution in [0.15, 0.2) is 29.9 Å². The van der Waals surface area contributed by atoms with E-state index in [2.05, 4.69) is 23.9 Å². The fourth-order valence-corrected chi connectivity index (χ4v) is 2.17. The van der Waals surface area contributed by atoms with E-state index < -0.39 is 0 Å². The van der Waals surface area contributed by atoms with Gasteiger partial charge in [-0.1, -0.05) is 36.0 Å². The molecule has 16 heavy (non-hydrogen) atoms. The first kappa shape index (κ1) is 10.7. The standard InChI is InChI=1S/C13H16N2O/c1-3-10-5-4-9(2)11(8-10)13(6-7-13)12(14)15-16/h3-5,8,16H,1,6-7H2,2H3,(H2,14,15). The molecule has 0 bridgehead atoms. The van der Waals surface area contributed by atoms with Gasteiger partial charge in [0.25, 0.3) is 0 Å². The molecule has 1 saturated carbocycles. The molecule has 0 atom stereocenters. The van der Waals surface area contributed by atoms with Crippen LogP contribution in [0, 0.1) is 6.92 Å². The predicted octanol–water partition coefficient (Wildman–Crippen LogP) is 2.42. The molecule has 2 rings (SSSR count). The van der Waals surface area contributed by atoms with Gasteiger partial charge in [0, 0.05) is 0 Å². The van der Waals surface area contributed by atoms with Crippen molar-refractivity contribution < 1.29 is 5.21 Å². The second kappa shape index (κ2) is 3.67. The van der Waals surface area contributed by atoms with Crippen molar-refractivity contribution in [1.82, 2.24) is 0 Å². The number of hydrogen-bond donors (Lipinski definition) is 2. The summed E-state index contributed by atoms with van der Waals surface area (Å²) < 4.78 is 0. The van der Waals surface area contributed by atoms with Crippen molar-refractivity contribution in [3.8, 4) is 0 Å². The molecule has 0 radical (unpaired) electrons. The first-order valence-electron chi connectivity index (χ1n) is 5.35. The van der Waals surface area contributed by atoms with E-state index in [0.29, 0.717) is 5.84 Å². The zero-order valence-corrected chi connectivity index (χ0v) is 9.40. The van der Waals surface area contributed by atoms with E-state index in [4.69, 9.17) is 10.9 Å². The van der Waals surface area contributed by atoms with Gasteiger partial charge >= 0.3 is 0 Å². The second-order valence-corrected chi connectivity index (χ2v) is 4.35. The monoisotopic (exact) mass is 216 g/mol. The Bertz CT molecular complexity index is 459. The molecule has 0 saturated heterocycles. The van der Waals surface area contributed by atoms with Crippen LogP contribution in [-0.2, 0) is 5.41 Å². The highest BCUT2D eigenvalue weighted by Gasteiger charge is 2.49. The number of aryl methyl sites for hydroxylation is 1. The maximum Gasteiger partial charge on any atom is 0.149 e. The molecule has 0 spiro atoms. The highest BCUT2D eigenvalue weighted by Crippen LogP contribution is 2.49. The summed E-state index contributed by atoms with van der Waals surface area (Å²) in [6.07, 6.45) is 3.71. The lowest BCUT2D eigenvalue weighted by Gasteiger charge is -2.17. The molecule has 0 aromatic heterocycles. The van der Waals surface area contributed by atoms with Gasteiger partial charge in [0.05, 0.1) is 5.41 Å². The topological polar surface area (TPSA) is 58.6 Å². The summed E-state index contributed by atoms with van der Waals surface area (Å²) in [6, 6.07) is 6.15. The third kappa shape index (κ3) is 1.48. The molecule has 1 aliphatic carbocycles. The summed E-state index contributed by atoms with van der Waals surface area (Å²) in [4.78, 5) is 0. The van der Waals surface area contributed by atoms with Gasteiger partial charge in [0.1, 0.15) is 5.84 Å². The lowest BCUT2D eigenvalue weighted by Crippen LogP contribution is -2.29. The number of amidine groups is 1. The molecule has 0 unspecified atom stereocenters. The lowest BCUT2D eigenvalue weighted by atomic mass is 9.89. The quantitative estimate of drug-likeness (QED) is 0.353. The van der Waals surface area contributed by atoms with E-state index in [0.717, 1.165) is 24.0 Å². The number of oxime groups is 1. The van der Waals surface area contributed by atoms with Crippen LogP contribution in [0.4, 0.5) is 0 Å². The van der Waals surface area contributed by atoms with Crippen LogP contribution in [0.5, 0.6) is 0 Å². The Kier molecular flexibility index (Phi) is 2.46. The van der Waals surface area contributed by atoms with E-state index in [-0.39, 0.29) is 5.41 Å². The Morgan fingerprint density at radius 2 is 2.25 bits per heavy atom. The minimum Gasteiger partial charge on any atom is -0.409 e. The largest absolute Gasteiger partial charge is 0.409 e. The van der Waals surface area contributed by atoms with Gasteiger partial charge in [-0.3, -0.25) is 0 Å². The molecule has 84 valence electrons. The predicted molar refractivity (Wildman–Crippen MR) is 65.6 cm³/mol. The van der Waals surface area contributed by atoms with Crippen LogP contribution in [0.25, 0.3) is 6.08 Å². The first-order valence-corrected chi connectivity index (χ1v) is 5.35. The number of nitrogens with zero attached hydrogens (tertiary/aromatic N) is 1. The van der Waals surface area contributed by atoms with Crippen molar-refractivity contribution in [3.05, 3.63) is 41.5 Å². The fraction of sp³-hybridized carbons (Fsp3) is 0.308. The van der Waals surface area contributed by atoms with Crippen molar-refractivity contribution >= 4 is 11.9 Å². The average Bonchev–Trinajstić information content (AvgIpc) is 3.10. The molecular weight excluding hydrogens is 200 g/mol. The Balaban J connectivity index is 2.51. The number of benzene rings is 1. The van der Waals surface area contributed by atoms with Gasteiger partial charge in [0.15, 0.2) is 0 Å². The molecule has 1 aromatic carbocycles. The van der Waals surface area contributed by atoms with Crippen LogP contribution >= 0.6 is 0 Å². The molecule has 0 heterocycles. The lowest BCUT2D eigenvalue weighted by molar-refractivity contribution is 0.315. The highest BCUT2D eigenvalue weighted by atomic mass is 16.4. The summed E-state index contributed by atoms with van der Waals surface area (Å²) in [7, 11) is 0. The van der Waals surface area contributed by atoms with Crippen molar-refractivity contribution in [2.45, 2.75) is 25.2 Å². The van der Waals surface area contributed by atoms with Crippen LogP contribution in [-0.4, -0.2) is 11.0 Å². The molecule has 3 nitrogen and oxygen atoms in total. The van der Waals surface area contributed by atoms with E-state index in [9.17, 15) is 0 Å². The summed E-state index contributed by atoms with van der Waals surface area (Å²) in [6.45, 7) is 5.81. The van der Waals surface area contributed by atoms with Crippen molar-refractivity contribution in [1.29, 1.82) is 0 Å². The number of rotatable bonds is 3. The Morgan fingerprint density at radius 3 is 2.75 bits per heavy atom. The Labute approximate surface area is 95.3 Å². The van der Waals surface area contributed by atoms with Gasteiger partial charge < -0.3 is 10.9 Å². The maximum atomic E-state index is 8.83. The minimum absolute atomic E-state index is 0.238. The van der Waals surface area contributed by atoms with Gasteiger partial charge in [-0.15, -0.1) is 0 Å². The van der Waals surface area contributed by atoms with Gasteiger partial charge in [-0.05, 0) is 36.5 Å². The second-order valence-electron chi connectivity index (χ2n) is 4.35. The van der Waals surface area contributed by atoms with E-state index in [1.54, 1.807) is 0 Å². The molecule has 1 aromatic rings. The Morgan fingerprint density at radius 1 is 1.56 bits per heavy atom. The zero-order chi connectivity index (χ0) is 11.8. The Hall–Kier alpha value is -1.77. The number of nitrogens with two attached hydrogens (primary N) is 1. The first-order chi connectivity index (χ1) is 7.64. The van der Waals surface area contributed by atoms with Crippen LogP contribution < -0.4 is 5.73 Å². The molecule has 1 aliphatic rings. The van der Waals surface area contributed by atoms with Crippen molar-refractivity contribution in [2.75, 3.05) is 0 Å². The van der Waals surface area contributed by atoms with E-state index >= 15 is 0 Å². The minimum atomic E-state index is -0.238. The fourth-order valence-electron chi connectivity index (χ4n) is 2.17. The zero-order valence-electron chi connectivity index (χ0n) is 9.40. The van der Waals surface area contributed by atoms with Gasteiger partial charge in [-0.2, -0.15) is 0 Å². The summed E-state index contributed by atoms with van der Waals surface area (Å²) in [5.74, 6) is 0.316.